The van der Waals surface area contributed by atoms with Gasteiger partial charge in [-0.2, -0.15) is 0 Å². The molecule has 0 amide bonds. The van der Waals surface area contributed by atoms with Crippen LogP contribution < -0.4 is 0 Å². The number of carboxylic acids is 1. The molecule has 2 rings (SSSR count). The minimum Gasteiger partial charge on any atom is -0.477 e. The van der Waals surface area contributed by atoms with Gasteiger partial charge in [-0.3, -0.25) is 0 Å². The molecule has 1 N–H and O–H groups in total. The molecule has 0 unspecified atom stereocenters. The van der Waals surface area contributed by atoms with E-state index in [0.29, 0.717) is 4.88 Å². The number of aromatic carboxylic acids is 1. The maximum atomic E-state index is 10.7. The van der Waals surface area contributed by atoms with Gasteiger partial charge in [0.25, 0.3) is 0 Å². The Morgan fingerprint density at radius 2 is 1.93 bits per heavy atom. The van der Waals surface area contributed by atoms with E-state index < -0.39 is 5.97 Å². The van der Waals surface area contributed by atoms with E-state index >= 15 is 0 Å². The quantitative estimate of drug-likeness (QED) is 0.793. The number of benzene rings is 1. The second-order valence-corrected chi connectivity index (χ2v) is 4.04. The fourth-order valence-electron chi connectivity index (χ4n) is 1.24. The Balaban J connectivity index is 0.000000531. The number of hydrogen-bond acceptors (Lipinski definition) is 2. The lowest BCUT2D eigenvalue weighted by atomic mass is 10.2. The van der Waals surface area contributed by atoms with Crippen LogP contribution in [0.5, 0.6) is 0 Å². The molecule has 0 aliphatic heterocycles. The van der Waals surface area contributed by atoms with Gasteiger partial charge >= 0.3 is 5.97 Å². The van der Waals surface area contributed by atoms with Crippen molar-refractivity contribution >= 4 is 27.4 Å². The Morgan fingerprint density at radius 1 is 1.27 bits per heavy atom. The molecule has 15 heavy (non-hydrogen) atoms. The highest BCUT2D eigenvalue weighted by molar-refractivity contribution is 7.20. The smallest absolute Gasteiger partial charge is 0.345 e. The van der Waals surface area contributed by atoms with Crippen molar-refractivity contribution in [1.82, 2.24) is 0 Å². The Morgan fingerprint density at radius 3 is 2.53 bits per heavy atom. The highest BCUT2D eigenvalue weighted by Crippen LogP contribution is 2.26. The summed E-state index contributed by atoms with van der Waals surface area (Å²) in [5, 5.41) is 9.77. The molecule has 80 valence electrons. The molecule has 1 heterocycles. The van der Waals surface area contributed by atoms with E-state index in [1.165, 1.54) is 11.3 Å². The molecule has 1 aromatic carbocycles. The number of thiophene rings is 1. The van der Waals surface area contributed by atoms with Crippen LogP contribution in [0.4, 0.5) is 0 Å². The van der Waals surface area contributed by atoms with Gasteiger partial charge in [0.15, 0.2) is 0 Å². The Kier molecular flexibility index (Phi) is 3.86. The zero-order chi connectivity index (χ0) is 11.4. The molecule has 0 spiro atoms. The van der Waals surface area contributed by atoms with Crippen molar-refractivity contribution in [2.75, 3.05) is 0 Å². The van der Waals surface area contributed by atoms with E-state index in [9.17, 15) is 4.79 Å². The summed E-state index contributed by atoms with van der Waals surface area (Å²) in [6.07, 6.45) is 0. The summed E-state index contributed by atoms with van der Waals surface area (Å²) in [5.41, 5.74) is 1.16. The zero-order valence-corrected chi connectivity index (χ0v) is 9.89. The van der Waals surface area contributed by atoms with Crippen molar-refractivity contribution in [3.8, 4) is 0 Å². The molecule has 2 nitrogen and oxygen atoms in total. The Hall–Kier alpha value is -1.35. The van der Waals surface area contributed by atoms with Crippen LogP contribution in [0.15, 0.2) is 24.3 Å². The summed E-state index contributed by atoms with van der Waals surface area (Å²) in [4.78, 5) is 11.1. The molecule has 0 aliphatic rings. The first kappa shape index (κ1) is 11.7. The third-order valence-corrected chi connectivity index (χ3v) is 2.97. The fraction of sp³-hybridized carbons (Fsp3) is 0.250. The number of rotatable bonds is 1. The van der Waals surface area contributed by atoms with Gasteiger partial charge in [-0.05, 0) is 30.0 Å². The molecule has 1 aromatic heterocycles. The van der Waals surface area contributed by atoms with E-state index in [1.807, 2.05) is 39.0 Å². The summed E-state index contributed by atoms with van der Waals surface area (Å²) in [5.74, 6) is -0.848. The Bertz CT molecular complexity index is 471. The van der Waals surface area contributed by atoms with Crippen molar-refractivity contribution < 1.29 is 9.90 Å². The van der Waals surface area contributed by atoms with Crippen LogP contribution in [0, 0.1) is 6.92 Å². The minimum absolute atomic E-state index is 0.403. The molecule has 0 aliphatic carbocycles. The molecular formula is C12H14O2S. The number of fused-ring (bicyclic) bond motifs is 1. The van der Waals surface area contributed by atoms with E-state index in [-0.39, 0.29) is 0 Å². The van der Waals surface area contributed by atoms with Gasteiger partial charge in [0, 0.05) is 4.70 Å². The monoisotopic (exact) mass is 222 g/mol. The van der Waals surface area contributed by atoms with Gasteiger partial charge in [0.1, 0.15) is 4.88 Å². The van der Waals surface area contributed by atoms with Gasteiger partial charge in [-0.15, -0.1) is 11.3 Å². The van der Waals surface area contributed by atoms with E-state index in [0.717, 1.165) is 15.6 Å². The highest BCUT2D eigenvalue weighted by atomic mass is 32.1. The summed E-state index contributed by atoms with van der Waals surface area (Å²) >= 11 is 1.32. The van der Waals surface area contributed by atoms with Crippen molar-refractivity contribution in [2.24, 2.45) is 0 Å². The number of carboxylic acid groups (broad SMARTS) is 1. The van der Waals surface area contributed by atoms with Crippen LogP contribution in [0.2, 0.25) is 0 Å². The summed E-state index contributed by atoms with van der Waals surface area (Å²) in [6.45, 7) is 6.00. The fourth-order valence-corrected chi connectivity index (χ4v) is 2.24. The van der Waals surface area contributed by atoms with E-state index in [1.54, 1.807) is 6.07 Å². The van der Waals surface area contributed by atoms with E-state index in [2.05, 4.69) is 0 Å². The van der Waals surface area contributed by atoms with Crippen molar-refractivity contribution in [3.63, 3.8) is 0 Å². The van der Waals surface area contributed by atoms with Crippen molar-refractivity contribution in [1.29, 1.82) is 0 Å². The second-order valence-electron chi connectivity index (χ2n) is 2.96. The van der Waals surface area contributed by atoms with Crippen LogP contribution in [0.25, 0.3) is 10.1 Å². The molecule has 2 aromatic rings. The van der Waals surface area contributed by atoms with Gasteiger partial charge in [0.05, 0.1) is 0 Å². The third-order valence-electron chi connectivity index (χ3n) is 1.89. The predicted molar refractivity (Wildman–Crippen MR) is 64.9 cm³/mol. The van der Waals surface area contributed by atoms with Crippen LogP contribution in [-0.4, -0.2) is 11.1 Å². The van der Waals surface area contributed by atoms with Crippen LogP contribution in [0.1, 0.15) is 29.1 Å². The lowest BCUT2D eigenvalue weighted by Crippen LogP contribution is -1.89. The average molecular weight is 222 g/mol. The van der Waals surface area contributed by atoms with Gasteiger partial charge in [0.2, 0.25) is 0 Å². The largest absolute Gasteiger partial charge is 0.477 e. The third kappa shape index (κ3) is 2.57. The average Bonchev–Trinajstić information content (AvgIpc) is 2.63. The first-order valence-corrected chi connectivity index (χ1v) is 5.72. The number of carbonyl (C=O) groups is 1. The topological polar surface area (TPSA) is 37.3 Å². The molecule has 0 fully saturated rings. The molecule has 3 heteroatoms. The predicted octanol–water partition coefficient (Wildman–Crippen LogP) is 3.93. The van der Waals surface area contributed by atoms with Crippen LogP contribution in [0.3, 0.4) is 0 Å². The SMILES string of the molecule is CC.Cc1ccc2cc(C(=O)O)sc2c1. The molecule has 0 atom stereocenters. The molecular weight excluding hydrogens is 208 g/mol. The van der Waals surface area contributed by atoms with Crippen molar-refractivity contribution in [2.45, 2.75) is 20.8 Å². The van der Waals surface area contributed by atoms with Crippen molar-refractivity contribution in [3.05, 3.63) is 34.7 Å². The molecule has 0 radical (unpaired) electrons. The van der Waals surface area contributed by atoms with Gasteiger partial charge in [-0.1, -0.05) is 26.0 Å². The highest BCUT2D eigenvalue weighted by Gasteiger charge is 2.07. The number of aryl methyl sites for hydroxylation is 1. The molecule has 0 saturated heterocycles. The lowest BCUT2D eigenvalue weighted by Gasteiger charge is -1.89. The molecule has 0 saturated carbocycles. The summed E-state index contributed by atoms with van der Waals surface area (Å²) in [7, 11) is 0. The second kappa shape index (κ2) is 4.94. The standard InChI is InChI=1S/C10H8O2S.C2H6/c1-6-2-3-7-5-9(10(11)12)13-8(7)4-6;1-2/h2-5H,1H3,(H,11,12);1-2H3. The van der Waals surface area contributed by atoms with Crippen LogP contribution >= 0.6 is 11.3 Å². The normalized spacial score (nSPS) is 9.53. The van der Waals surface area contributed by atoms with Gasteiger partial charge in [-0.25, -0.2) is 4.79 Å². The Labute approximate surface area is 93.2 Å². The summed E-state index contributed by atoms with van der Waals surface area (Å²) in [6, 6.07) is 7.66. The maximum Gasteiger partial charge on any atom is 0.345 e. The summed E-state index contributed by atoms with van der Waals surface area (Å²) < 4.78 is 1.04. The van der Waals surface area contributed by atoms with E-state index in [4.69, 9.17) is 5.11 Å². The number of hydrogen-bond donors (Lipinski definition) is 1. The molecule has 0 bridgehead atoms. The van der Waals surface area contributed by atoms with Gasteiger partial charge < -0.3 is 5.11 Å². The van der Waals surface area contributed by atoms with Crippen LogP contribution in [-0.2, 0) is 0 Å². The first-order chi connectivity index (χ1) is 7.16. The first-order valence-electron chi connectivity index (χ1n) is 4.90. The lowest BCUT2D eigenvalue weighted by molar-refractivity contribution is 0.0702. The maximum absolute atomic E-state index is 10.7. The minimum atomic E-state index is -0.848. The zero-order valence-electron chi connectivity index (χ0n) is 9.07.